The molecule has 1 unspecified atom stereocenters. The van der Waals surface area contributed by atoms with E-state index in [2.05, 4.69) is 23.6 Å². The molecule has 1 aliphatic rings. The van der Waals surface area contributed by atoms with Gasteiger partial charge in [-0.3, -0.25) is 9.69 Å². The van der Waals surface area contributed by atoms with Crippen LogP contribution in [0.5, 0.6) is 0 Å². The minimum atomic E-state index is 0.181. The van der Waals surface area contributed by atoms with Crippen molar-refractivity contribution in [2.24, 2.45) is 0 Å². The van der Waals surface area contributed by atoms with Crippen LogP contribution < -0.4 is 0 Å². The summed E-state index contributed by atoms with van der Waals surface area (Å²) in [6.07, 6.45) is 18.7. The number of rotatable bonds is 15. The van der Waals surface area contributed by atoms with Gasteiger partial charge in [-0.2, -0.15) is 0 Å². The lowest BCUT2D eigenvalue weighted by atomic mass is 9.98. The van der Waals surface area contributed by atoms with Gasteiger partial charge in [-0.15, -0.1) is 0 Å². The van der Waals surface area contributed by atoms with Gasteiger partial charge in [-0.05, 0) is 26.9 Å². The third-order valence-corrected chi connectivity index (χ3v) is 5.91. The van der Waals surface area contributed by atoms with Gasteiger partial charge in [-0.1, -0.05) is 77.7 Å². The second-order valence-corrected chi connectivity index (χ2v) is 8.73. The number of hydrogen-bond donors (Lipinski definition) is 0. The van der Waals surface area contributed by atoms with Gasteiger partial charge in [0.1, 0.15) is 0 Å². The molecule has 1 saturated heterocycles. The predicted octanol–water partition coefficient (Wildman–Crippen LogP) is 4.95. The number of carbonyl (C=O) groups excluding carboxylic acids is 1. The number of carbonyl (C=O) groups is 1. The van der Waals surface area contributed by atoms with Crippen molar-refractivity contribution in [2.45, 2.75) is 90.5 Å². The molecule has 0 N–H and O–H groups in total. The first-order valence-electron chi connectivity index (χ1n) is 11.9. The van der Waals surface area contributed by atoms with Gasteiger partial charge in [0.25, 0.3) is 0 Å². The van der Waals surface area contributed by atoms with Crippen LogP contribution in [0, 0.1) is 0 Å². The van der Waals surface area contributed by atoms with Crippen LogP contribution in [0.1, 0.15) is 84.5 Å². The average molecular weight is 394 g/mol. The van der Waals surface area contributed by atoms with E-state index in [1.165, 1.54) is 70.6 Å². The van der Waals surface area contributed by atoms with Crippen molar-refractivity contribution in [3.8, 4) is 0 Å². The second kappa shape index (κ2) is 16.0. The van der Waals surface area contributed by atoms with E-state index >= 15 is 0 Å². The lowest BCUT2D eigenvalue weighted by Crippen LogP contribution is -2.51. The van der Waals surface area contributed by atoms with Gasteiger partial charge in [0.2, 0.25) is 5.91 Å². The first-order valence-corrected chi connectivity index (χ1v) is 11.9. The zero-order valence-corrected chi connectivity index (χ0v) is 19.3. The van der Waals surface area contributed by atoms with Crippen molar-refractivity contribution in [2.75, 3.05) is 46.8 Å². The number of hydrogen-bond acceptors (Lipinski definition) is 3. The van der Waals surface area contributed by atoms with Crippen LogP contribution in [0.25, 0.3) is 0 Å². The average Bonchev–Trinajstić information content (AvgIpc) is 2.69. The van der Waals surface area contributed by atoms with Crippen LogP contribution in [0.2, 0.25) is 0 Å². The number of amides is 1. The minimum Gasteiger partial charge on any atom is -0.337 e. The van der Waals surface area contributed by atoms with Crippen molar-refractivity contribution in [1.82, 2.24) is 14.7 Å². The molecule has 1 heterocycles. The number of likely N-dealkylation sites (N-methyl/N-ethyl adjacent to an activating group) is 1. The van der Waals surface area contributed by atoms with Gasteiger partial charge >= 0.3 is 0 Å². The normalized spacial score (nSPS) is 17.0. The number of piperazine rings is 1. The van der Waals surface area contributed by atoms with E-state index in [-0.39, 0.29) is 5.91 Å². The Labute approximate surface area is 175 Å². The number of unbranched alkanes of at least 4 members (excludes halogenated alkanes) is 7. The van der Waals surface area contributed by atoms with E-state index in [1.807, 2.05) is 25.1 Å². The largest absolute Gasteiger partial charge is 0.337 e. The fourth-order valence-corrected chi connectivity index (χ4v) is 4.08. The molecule has 0 spiro atoms. The molecule has 0 bridgehead atoms. The first kappa shape index (κ1) is 25.2. The zero-order valence-electron chi connectivity index (χ0n) is 19.3. The van der Waals surface area contributed by atoms with E-state index in [9.17, 15) is 4.79 Å². The highest BCUT2D eigenvalue weighted by Gasteiger charge is 2.24. The highest BCUT2D eigenvalue weighted by atomic mass is 16.2. The Morgan fingerprint density at radius 2 is 1.39 bits per heavy atom. The summed E-state index contributed by atoms with van der Waals surface area (Å²) in [6, 6.07) is 0.722. The van der Waals surface area contributed by atoms with Crippen molar-refractivity contribution in [1.29, 1.82) is 0 Å². The molecule has 1 aliphatic heterocycles. The fourth-order valence-electron chi connectivity index (χ4n) is 4.08. The van der Waals surface area contributed by atoms with Gasteiger partial charge < -0.3 is 9.80 Å². The molecular weight excluding hydrogens is 346 g/mol. The Morgan fingerprint density at radius 3 is 1.93 bits per heavy atom. The SMILES string of the molecule is CCCCCCCC(CCCCCC)N1CCN(C(=O)/C=C/CN(C)C)CC1. The molecule has 1 fully saturated rings. The minimum absolute atomic E-state index is 0.181. The van der Waals surface area contributed by atoms with Crippen molar-refractivity contribution in [3.63, 3.8) is 0 Å². The quantitative estimate of drug-likeness (QED) is 0.291. The number of nitrogens with zero attached hydrogens (tertiary/aromatic N) is 3. The van der Waals surface area contributed by atoms with E-state index in [1.54, 1.807) is 6.08 Å². The summed E-state index contributed by atoms with van der Waals surface area (Å²) in [5, 5.41) is 0. The molecule has 0 aromatic heterocycles. The van der Waals surface area contributed by atoms with E-state index in [0.717, 1.165) is 38.8 Å². The lowest BCUT2D eigenvalue weighted by molar-refractivity contribution is -0.128. The molecular formula is C24H47N3O. The van der Waals surface area contributed by atoms with Gasteiger partial charge in [-0.25, -0.2) is 0 Å². The predicted molar refractivity (Wildman–Crippen MR) is 122 cm³/mol. The second-order valence-electron chi connectivity index (χ2n) is 8.73. The Balaban J connectivity index is 2.42. The maximum absolute atomic E-state index is 12.4. The van der Waals surface area contributed by atoms with E-state index in [0.29, 0.717) is 0 Å². The standard InChI is InChI=1S/C24H47N3O/c1-5-7-9-11-13-16-23(15-12-10-8-6-2)26-19-21-27(22-20-26)24(28)17-14-18-25(3)4/h14,17,23H,5-13,15-16,18-22H2,1-4H3/b17-14+. The zero-order chi connectivity index (χ0) is 20.6. The molecule has 0 aromatic rings. The van der Waals surface area contributed by atoms with Gasteiger partial charge in [0, 0.05) is 44.8 Å². The van der Waals surface area contributed by atoms with Crippen LogP contribution in [0.15, 0.2) is 12.2 Å². The van der Waals surface area contributed by atoms with Gasteiger partial charge in [0.05, 0.1) is 0 Å². The van der Waals surface area contributed by atoms with E-state index < -0.39 is 0 Å². The summed E-state index contributed by atoms with van der Waals surface area (Å²) in [5.41, 5.74) is 0. The highest BCUT2D eigenvalue weighted by molar-refractivity contribution is 5.87. The molecule has 0 aliphatic carbocycles. The van der Waals surface area contributed by atoms with Crippen LogP contribution >= 0.6 is 0 Å². The third-order valence-electron chi connectivity index (χ3n) is 5.91. The van der Waals surface area contributed by atoms with E-state index in [4.69, 9.17) is 0 Å². The molecule has 1 atom stereocenters. The molecule has 0 aromatic carbocycles. The Morgan fingerprint density at radius 1 is 0.857 bits per heavy atom. The maximum Gasteiger partial charge on any atom is 0.246 e. The fraction of sp³-hybridized carbons (Fsp3) is 0.875. The maximum atomic E-state index is 12.4. The summed E-state index contributed by atoms with van der Waals surface area (Å²) < 4.78 is 0. The molecule has 1 amide bonds. The van der Waals surface area contributed by atoms with Crippen molar-refractivity contribution in [3.05, 3.63) is 12.2 Å². The van der Waals surface area contributed by atoms with Crippen molar-refractivity contribution < 1.29 is 4.79 Å². The molecule has 0 saturated carbocycles. The lowest BCUT2D eigenvalue weighted by Gasteiger charge is -2.39. The Bertz CT molecular complexity index is 414. The topological polar surface area (TPSA) is 26.8 Å². The van der Waals surface area contributed by atoms with Crippen LogP contribution in [-0.4, -0.2) is 73.5 Å². The summed E-state index contributed by atoms with van der Waals surface area (Å²) in [4.78, 5) is 19.2. The highest BCUT2D eigenvalue weighted by Crippen LogP contribution is 2.20. The van der Waals surface area contributed by atoms with Crippen LogP contribution in [0.4, 0.5) is 0 Å². The Hall–Kier alpha value is -0.870. The van der Waals surface area contributed by atoms with Gasteiger partial charge in [0.15, 0.2) is 0 Å². The molecule has 0 radical (unpaired) electrons. The summed E-state index contributed by atoms with van der Waals surface area (Å²) in [7, 11) is 4.05. The monoisotopic (exact) mass is 393 g/mol. The molecule has 1 rings (SSSR count). The smallest absolute Gasteiger partial charge is 0.246 e. The summed E-state index contributed by atoms with van der Waals surface area (Å²) in [5.74, 6) is 0.181. The third kappa shape index (κ3) is 11.2. The Kier molecular flexibility index (Phi) is 14.4. The van der Waals surface area contributed by atoms with Crippen LogP contribution in [-0.2, 0) is 4.79 Å². The van der Waals surface area contributed by atoms with Crippen LogP contribution in [0.3, 0.4) is 0 Å². The molecule has 4 heteroatoms. The molecule has 28 heavy (non-hydrogen) atoms. The molecule has 164 valence electrons. The first-order chi connectivity index (χ1) is 13.6. The van der Waals surface area contributed by atoms with Crippen molar-refractivity contribution >= 4 is 5.91 Å². The summed E-state index contributed by atoms with van der Waals surface area (Å²) >= 11 is 0. The molecule has 4 nitrogen and oxygen atoms in total. The summed E-state index contributed by atoms with van der Waals surface area (Å²) in [6.45, 7) is 9.24.